The molecule has 4 rings (SSSR count). The minimum atomic E-state index is -3.61. The number of nitrogens with one attached hydrogen (secondary N) is 1. The van der Waals surface area contributed by atoms with Crippen molar-refractivity contribution >= 4 is 13.3 Å². The fourth-order valence-electron chi connectivity index (χ4n) is 3.95. The highest BCUT2D eigenvalue weighted by molar-refractivity contribution is 7.55. The molecule has 156 valence electrons. The van der Waals surface area contributed by atoms with Crippen molar-refractivity contribution in [3.8, 4) is 11.5 Å². The van der Waals surface area contributed by atoms with E-state index in [2.05, 4.69) is 38.2 Å². The molecule has 1 N–H and O–H groups in total. The van der Waals surface area contributed by atoms with E-state index in [9.17, 15) is 4.57 Å². The summed E-state index contributed by atoms with van der Waals surface area (Å²) in [6.07, 6.45) is 0.650. The average molecular weight is 421 g/mol. The molecule has 30 heavy (non-hydrogen) atoms. The van der Waals surface area contributed by atoms with Gasteiger partial charge in [-0.2, -0.15) is 0 Å². The molecule has 0 amide bonds. The van der Waals surface area contributed by atoms with E-state index in [0.717, 1.165) is 5.69 Å². The molecule has 0 saturated heterocycles. The monoisotopic (exact) mass is 421 g/mol. The zero-order valence-corrected chi connectivity index (χ0v) is 18.5. The van der Waals surface area contributed by atoms with E-state index in [-0.39, 0.29) is 11.3 Å². The molecule has 4 nitrogen and oxygen atoms in total. The summed E-state index contributed by atoms with van der Waals surface area (Å²) in [7, 11) is -3.61. The Kier molecular flexibility index (Phi) is 5.62. The summed E-state index contributed by atoms with van der Waals surface area (Å²) in [4.78, 5) is 0. The third-order valence-electron chi connectivity index (χ3n) is 5.50. The molecule has 3 aromatic rings. The van der Waals surface area contributed by atoms with E-state index < -0.39 is 13.4 Å². The maximum absolute atomic E-state index is 14.3. The second-order valence-electron chi connectivity index (χ2n) is 8.75. The lowest BCUT2D eigenvalue weighted by Gasteiger charge is -2.41. The molecule has 0 aliphatic carbocycles. The van der Waals surface area contributed by atoms with Crippen LogP contribution in [0.1, 0.15) is 38.7 Å². The van der Waals surface area contributed by atoms with E-state index in [1.807, 2.05) is 48.5 Å². The van der Waals surface area contributed by atoms with Crippen LogP contribution in [0.3, 0.4) is 0 Å². The fourth-order valence-corrected chi connectivity index (χ4v) is 5.84. The fraction of sp³-hybridized carbons (Fsp3) is 0.280. The van der Waals surface area contributed by atoms with Crippen molar-refractivity contribution in [1.29, 1.82) is 0 Å². The number of para-hydroxylation sites is 3. The van der Waals surface area contributed by atoms with Gasteiger partial charge in [-0.1, -0.05) is 75.4 Å². The van der Waals surface area contributed by atoms with Crippen molar-refractivity contribution in [3.05, 3.63) is 90.5 Å². The molecule has 5 heteroatoms. The third kappa shape index (κ3) is 4.39. The van der Waals surface area contributed by atoms with Crippen LogP contribution in [-0.4, -0.2) is 5.78 Å². The molecule has 0 aromatic heterocycles. The highest BCUT2D eigenvalue weighted by atomic mass is 31.2. The standard InChI is InChI=1S/C25H28NO3P/c1-25(2,3)22-18-24(26-23-17-11-10-16-21(22)23)30(27,28-19-12-6-4-7-13-19)29-20-14-8-5-9-15-20/h4-17,22,24,26H,18H2,1-3H3. The normalized spacial score (nSPS) is 18.8. The first-order chi connectivity index (χ1) is 14.4. The molecular weight excluding hydrogens is 393 g/mol. The number of benzene rings is 3. The number of hydrogen-bond donors (Lipinski definition) is 1. The molecule has 2 atom stereocenters. The second-order valence-corrected chi connectivity index (χ2v) is 10.8. The Morgan fingerprint density at radius 3 is 1.83 bits per heavy atom. The average Bonchev–Trinajstić information content (AvgIpc) is 2.73. The van der Waals surface area contributed by atoms with E-state index in [0.29, 0.717) is 17.9 Å². The molecule has 0 fully saturated rings. The molecule has 0 radical (unpaired) electrons. The van der Waals surface area contributed by atoms with Crippen LogP contribution in [-0.2, 0) is 4.57 Å². The highest BCUT2D eigenvalue weighted by Gasteiger charge is 2.46. The number of rotatable bonds is 5. The van der Waals surface area contributed by atoms with Gasteiger partial charge in [0.05, 0.1) is 0 Å². The lowest BCUT2D eigenvalue weighted by molar-refractivity contribution is 0.288. The SMILES string of the molecule is CC(C)(C)C1CC(P(=O)(Oc2ccccc2)Oc2ccccc2)Nc2ccccc21. The molecule has 1 heterocycles. The van der Waals surface area contributed by atoms with Crippen LogP contribution in [0.15, 0.2) is 84.9 Å². The predicted molar refractivity (Wildman–Crippen MR) is 122 cm³/mol. The molecule has 1 aliphatic rings. The second kappa shape index (κ2) is 8.20. The lowest BCUT2D eigenvalue weighted by Crippen LogP contribution is -2.35. The minimum absolute atomic E-state index is 0.000771. The predicted octanol–water partition coefficient (Wildman–Crippen LogP) is 7.31. The third-order valence-corrected chi connectivity index (χ3v) is 7.53. The molecule has 1 aliphatic heterocycles. The summed E-state index contributed by atoms with van der Waals surface area (Å²) in [5, 5.41) is 3.47. The van der Waals surface area contributed by atoms with E-state index in [1.165, 1.54) is 5.56 Å². The quantitative estimate of drug-likeness (QED) is 0.439. The van der Waals surface area contributed by atoms with Gasteiger partial charge in [-0.25, -0.2) is 4.57 Å². The van der Waals surface area contributed by atoms with Gasteiger partial charge in [0.25, 0.3) is 0 Å². The summed E-state index contributed by atoms with van der Waals surface area (Å²) >= 11 is 0. The van der Waals surface area contributed by atoms with E-state index in [1.54, 1.807) is 24.3 Å². The summed E-state index contributed by atoms with van der Waals surface area (Å²) in [6, 6.07) is 26.7. The van der Waals surface area contributed by atoms with Gasteiger partial charge in [0.15, 0.2) is 5.78 Å². The van der Waals surface area contributed by atoms with Gasteiger partial charge in [0, 0.05) is 5.69 Å². The number of hydrogen-bond acceptors (Lipinski definition) is 4. The van der Waals surface area contributed by atoms with Crippen molar-refractivity contribution in [3.63, 3.8) is 0 Å². The maximum Gasteiger partial charge on any atom is 0.452 e. The van der Waals surface area contributed by atoms with Crippen molar-refractivity contribution < 1.29 is 13.6 Å². The summed E-state index contributed by atoms with van der Waals surface area (Å²) in [5.74, 6) is 0.804. The molecule has 2 unspecified atom stereocenters. The van der Waals surface area contributed by atoms with Crippen LogP contribution in [0.2, 0.25) is 0 Å². The summed E-state index contributed by atoms with van der Waals surface area (Å²) < 4.78 is 26.5. The Hall–Kier alpha value is -2.71. The van der Waals surface area contributed by atoms with Crippen molar-refractivity contribution in [2.45, 2.75) is 38.9 Å². The van der Waals surface area contributed by atoms with Gasteiger partial charge in [-0.3, -0.25) is 0 Å². The van der Waals surface area contributed by atoms with Crippen molar-refractivity contribution in [2.75, 3.05) is 5.32 Å². The Morgan fingerprint density at radius 1 is 0.800 bits per heavy atom. The first kappa shape index (κ1) is 20.6. The smallest absolute Gasteiger partial charge is 0.415 e. The van der Waals surface area contributed by atoms with Crippen LogP contribution in [0, 0.1) is 5.41 Å². The molecular formula is C25H28NO3P. The van der Waals surface area contributed by atoms with Crippen molar-refractivity contribution in [1.82, 2.24) is 0 Å². The zero-order valence-electron chi connectivity index (χ0n) is 17.6. The van der Waals surface area contributed by atoms with Gasteiger partial charge < -0.3 is 14.4 Å². The Balaban J connectivity index is 1.74. The van der Waals surface area contributed by atoms with E-state index in [4.69, 9.17) is 9.05 Å². The topological polar surface area (TPSA) is 47.6 Å². The van der Waals surface area contributed by atoms with Crippen LogP contribution in [0.4, 0.5) is 5.69 Å². The minimum Gasteiger partial charge on any atom is -0.415 e. The first-order valence-corrected chi connectivity index (χ1v) is 11.9. The summed E-state index contributed by atoms with van der Waals surface area (Å²) in [6.45, 7) is 6.66. The van der Waals surface area contributed by atoms with Crippen LogP contribution in [0.25, 0.3) is 0 Å². The van der Waals surface area contributed by atoms with Crippen LogP contribution >= 0.6 is 7.60 Å². The maximum atomic E-state index is 14.3. The lowest BCUT2D eigenvalue weighted by atomic mass is 9.73. The Morgan fingerprint density at radius 2 is 1.30 bits per heavy atom. The van der Waals surface area contributed by atoms with Gasteiger partial charge in [0.2, 0.25) is 0 Å². The number of anilines is 1. The van der Waals surface area contributed by atoms with Gasteiger partial charge in [-0.05, 0) is 53.6 Å². The molecule has 3 aromatic carbocycles. The molecule has 0 bridgehead atoms. The first-order valence-electron chi connectivity index (χ1n) is 10.3. The molecule has 0 saturated carbocycles. The van der Waals surface area contributed by atoms with Gasteiger partial charge >= 0.3 is 7.60 Å². The highest BCUT2D eigenvalue weighted by Crippen LogP contribution is 2.59. The van der Waals surface area contributed by atoms with Crippen LogP contribution < -0.4 is 14.4 Å². The molecule has 0 spiro atoms. The summed E-state index contributed by atoms with van der Waals surface area (Å²) in [5.41, 5.74) is 2.23. The van der Waals surface area contributed by atoms with Crippen LogP contribution in [0.5, 0.6) is 11.5 Å². The Labute approximate surface area is 178 Å². The Bertz CT molecular complexity index is 986. The zero-order chi connectivity index (χ0) is 21.2. The van der Waals surface area contributed by atoms with Gasteiger partial charge in [0.1, 0.15) is 11.5 Å². The van der Waals surface area contributed by atoms with E-state index >= 15 is 0 Å². The largest absolute Gasteiger partial charge is 0.452 e. The number of fused-ring (bicyclic) bond motifs is 1. The van der Waals surface area contributed by atoms with Gasteiger partial charge in [-0.15, -0.1) is 0 Å². The van der Waals surface area contributed by atoms with Crippen molar-refractivity contribution in [2.24, 2.45) is 5.41 Å².